The molecule has 1 aromatic carbocycles. The van der Waals surface area contributed by atoms with E-state index in [1.807, 2.05) is 0 Å². The van der Waals surface area contributed by atoms with Gasteiger partial charge in [0.2, 0.25) is 10.0 Å². The molecule has 2 rings (SSSR count). The Labute approximate surface area is 132 Å². The minimum Gasteiger partial charge on any atom is -0.301 e. The zero-order valence-electron chi connectivity index (χ0n) is 13.3. The van der Waals surface area contributed by atoms with E-state index in [4.69, 9.17) is 0 Å². The second-order valence-corrected chi connectivity index (χ2v) is 8.08. The van der Waals surface area contributed by atoms with Gasteiger partial charge in [0.1, 0.15) is 5.82 Å². The van der Waals surface area contributed by atoms with E-state index < -0.39 is 15.8 Å². The van der Waals surface area contributed by atoms with Gasteiger partial charge in [-0.15, -0.1) is 0 Å². The highest BCUT2D eigenvalue weighted by atomic mass is 32.2. The van der Waals surface area contributed by atoms with Crippen LogP contribution in [0.25, 0.3) is 0 Å². The molecule has 0 unspecified atom stereocenters. The van der Waals surface area contributed by atoms with Crippen LogP contribution in [0.1, 0.15) is 32.3 Å². The lowest BCUT2D eigenvalue weighted by Crippen LogP contribution is -2.41. The lowest BCUT2D eigenvalue weighted by Gasteiger charge is -2.34. The van der Waals surface area contributed by atoms with Crippen molar-refractivity contribution in [3.05, 3.63) is 35.6 Å². The number of hydrogen-bond donors (Lipinski definition) is 1. The van der Waals surface area contributed by atoms with E-state index in [2.05, 4.69) is 23.5 Å². The number of benzene rings is 1. The highest BCUT2D eigenvalue weighted by Crippen LogP contribution is 2.18. The van der Waals surface area contributed by atoms with E-state index in [0.717, 1.165) is 25.9 Å². The van der Waals surface area contributed by atoms with Gasteiger partial charge in [0.15, 0.2) is 0 Å². The lowest BCUT2D eigenvalue weighted by atomic mass is 9.96. The van der Waals surface area contributed by atoms with E-state index in [0.29, 0.717) is 18.5 Å². The third-order valence-electron chi connectivity index (χ3n) is 4.27. The van der Waals surface area contributed by atoms with Gasteiger partial charge >= 0.3 is 0 Å². The minimum absolute atomic E-state index is 0.213. The van der Waals surface area contributed by atoms with Crippen molar-refractivity contribution in [2.75, 3.05) is 19.6 Å². The van der Waals surface area contributed by atoms with Crippen molar-refractivity contribution in [1.82, 2.24) is 9.62 Å². The van der Waals surface area contributed by atoms with Crippen LogP contribution >= 0.6 is 0 Å². The molecule has 6 heteroatoms. The number of likely N-dealkylation sites (tertiary alicyclic amines) is 1. The summed E-state index contributed by atoms with van der Waals surface area (Å²) < 4.78 is 40.3. The summed E-state index contributed by atoms with van der Waals surface area (Å²) >= 11 is 0. The minimum atomic E-state index is -3.49. The molecule has 1 saturated heterocycles. The van der Waals surface area contributed by atoms with Crippen molar-refractivity contribution in [1.29, 1.82) is 0 Å². The van der Waals surface area contributed by atoms with Gasteiger partial charge in [-0.05, 0) is 51.8 Å². The number of nitrogens with zero attached hydrogens (tertiary/aromatic N) is 1. The second-order valence-electron chi connectivity index (χ2n) is 6.27. The average Bonchev–Trinajstić information content (AvgIpc) is 2.48. The van der Waals surface area contributed by atoms with E-state index in [9.17, 15) is 12.8 Å². The summed E-state index contributed by atoms with van der Waals surface area (Å²) in [6.07, 6.45) is 2.00. The molecule has 0 atom stereocenters. The number of piperidine rings is 1. The molecule has 0 saturated carbocycles. The van der Waals surface area contributed by atoms with Crippen LogP contribution in [-0.4, -0.2) is 39.0 Å². The molecule has 1 aliphatic heterocycles. The molecule has 22 heavy (non-hydrogen) atoms. The predicted octanol–water partition coefficient (Wildman–Crippen LogP) is 2.37. The van der Waals surface area contributed by atoms with Gasteiger partial charge in [-0.3, -0.25) is 0 Å². The molecular formula is C16H25FN2O2S. The molecule has 4 nitrogen and oxygen atoms in total. The number of rotatable bonds is 6. The molecule has 0 aliphatic carbocycles. The smallest absolute Gasteiger partial charge is 0.215 e. The van der Waals surface area contributed by atoms with Gasteiger partial charge in [-0.1, -0.05) is 18.2 Å². The van der Waals surface area contributed by atoms with E-state index in [1.165, 1.54) is 12.1 Å². The highest BCUT2D eigenvalue weighted by molar-refractivity contribution is 7.88. The first-order chi connectivity index (χ1) is 10.4. The number of halogens is 1. The maximum atomic E-state index is 13.5. The topological polar surface area (TPSA) is 49.4 Å². The van der Waals surface area contributed by atoms with Gasteiger partial charge < -0.3 is 4.90 Å². The lowest BCUT2D eigenvalue weighted by molar-refractivity contribution is 0.150. The van der Waals surface area contributed by atoms with Gasteiger partial charge in [-0.2, -0.15) is 0 Å². The Morgan fingerprint density at radius 3 is 2.50 bits per heavy atom. The Bertz CT molecular complexity index is 582. The second kappa shape index (κ2) is 7.53. The van der Waals surface area contributed by atoms with Gasteiger partial charge in [0.25, 0.3) is 0 Å². The Hall–Kier alpha value is -0.980. The van der Waals surface area contributed by atoms with Crippen LogP contribution in [0, 0.1) is 11.7 Å². The standard InChI is InChI=1S/C16H25FN2O2S/c1-13(2)19-9-7-14(8-10-19)11-18-22(20,21)12-15-5-3-4-6-16(15)17/h3-6,13-14,18H,7-12H2,1-2H3. The summed E-state index contributed by atoms with van der Waals surface area (Å²) in [7, 11) is -3.49. The van der Waals surface area contributed by atoms with Gasteiger partial charge in [0.05, 0.1) is 5.75 Å². The van der Waals surface area contributed by atoms with Crippen LogP contribution in [-0.2, 0) is 15.8 Å². The predicted molar refractivity (Wildman–Crippen MR) is 86.5 cm³/mol. The first-order valence-corrected chi connectivity index (χ1v) is 9.47. The molecule has 1 N–H and O–H groups in total. The SMILES string of the molecule is CC(C)N1CCC(CNS(=O)(=O)Cc2ccccc2F)CC1. The van der Waals surface area contributed by atoms with Crippen molar-refractivity contribution < 1.29 is 12.8 Å². The molecule has 0 amide bonds. The van der Waals surface area contributed by atoms with E-state index in [-0.39, 0.29) is 11.3 Å². The van der Waals surface area contributed by atoms with Crippen molar-refractivity contribution in [3.8, 4) is 0 Å². The Morgan fingerprint density at radius 2 is 1.91 bits per heavy atom. The van der Waals surface area contributed by atoms with E-state index in [1.54, 1.807) is 12.1 Å². The zero-order chi connectivity index (χ0) is 16.2. The van der Waals surface area contributed by atoms with Gasteiger partial charge in [-0.25, -0.2) is 17.5 Å². The number of sulfonamides is 1. The largest absolute Gasteiger partial charge is 0.301 e. The Balaban J connectivity index is 1.82. The number of hydrogen-bond acceptors (Lipinski definition) is 3. The summed E-state index contributed by atoms with van der Waals surface area (Å²) in [6.45, 7) is 6.83. The third-order valence-corrected chi connectivity index (χ3v) is 5.57. The van der Waals surface area contributed by atoms with Crippen molar-refractivity contribution in [2.45, 2.75) is 38.5 Å². The molecule has 1 aliphatic rings. The summed E-state index contributed by atoms with van der Waals surface area (Å²) in [5.74, 6) is -0.409. The summed E-state index contributed by atoms with van der Waals surface area (Å²) in [6, 6.07) is 6.54. The Kier molecular flexibility index (Phi) is 5.94. The Morgan fingerprint density at radius 1 is 1.27 bits per heavy atom. The zero-order valence-corrected chi connectivity index (χ0v) is 14.1. The fraction of sp³-hybridized carbons (Fsp3) is 0.625. The van der Waals surface area contributed by atoms with Crippen molar-refractivity contribution in [2.24, 2.45) is 5.92 Å². The van der Waals surface area contributed by atoms with Crippen LogP contribution in [0.3, 0.4) is 0 Å². The van der Waals surface area contributed by atoms with Crippen LogP contribution < -0.4 is 4.72 Å². The quantitative estimate of drug-likeness (QED) is 0.872. The van der Waals surface area contributed by atoms with Crippen LogP contribution in [0.4, 0.5) is 4.39 Å². The van der Waals surface area contributed by atoms with Crippen molar-refractivity contribution in [3.63, 3.8) is 0 Å². The number of nitrogens with one attached hydrogen (secondary N) is 1. The maximum Gasteiger partial charge on any atom is 0.215 e. The van der Waals surface area contributed by atoms with Crippen LogP contribution in [0.2, 0.25) is 0 Å². The first-order valence-electron chi connectivity index (χ1n) is 7.82. The summed E-state index contributed by atoms with van der Waals surface area (Å²) in [5.41, 5.74) is 0.213. The van der Waals surface area contributed by atoms with Crippen molar-refractivity contribution >= 4 is 10.0 Å². The van der Waals surface area contributed by atoms with Crippen LogP contribution in [0.5, 0.6) is 0 Å². The first kappa shape index (κ1) is 17.4. The molecule has 0 spiro atoms. The van der Waals surface area contributed by atoms with Gasteiger partial charge in [0, 0.05) is 18.2 Å². The maximum absolute atomic E-state index is 13.5. The molecule has 0 radical (unpaired) electrons. The molecule has 1 fully saturated rings. The molecule has 0 aromatic heterocycles. The van der Waals surface area contributed by atoms with E-state index >= 15 is 0 Å². The molecular weight excluding hydrogens is 303 g/mol. The summed E-state index contributed by atoms with van der Waals surface area (Å²) in [4.78, 5) is 2.41. The third kappa shape index (κ3) is 5.04. The molecule has 124 valence electrons. The average molecular weight is 328 g/mol. The molecule has 1 heterocycles. The highest BCUT2D eigenvalue weighted by Gasteiger charge is 2.22. The van der Waals surface area contributed by atoms with Crippen LogP contribution in [0.15, 0.2) is 24.3 Å². The fourth-order valence-electron chi connectivity index (χ4n) is 2.79. The summed E-state index contributed by atoms with van der Waals surface area (Å²) in [5, 5.41) is 0. The molecule has 1 aromatic rings. The molecule has 0 bridgehead atoms. The fourth-order valence-corrected chi connectivity index (χ4v) is 4.02. The normalized spacial score (nSPS) is 18.0. The monoisotopic (exact) mass is 328 g/mol.